The fraction of sp³-hybridized carbons (Fsp3) is 0.158. The molecule has 0 unspecified atom stereocenters. The molecule has 0 saturated carbocycles. The summed E-state index contributed by atoms with van der Waals surface area (Å²) in [5.41, 5.74) is 4.11. The molecule has 0 fully saturated rings. The van der Waals surface area contributed by atoms with Crippen LogP contribution >= 0.6 is 11.8 Å². The van der Waals surface area contributed by atoms with Gasteiger partial charge in [0, 0.05) is 17.8 Å². The van der Waals surface area contributed by atoms with Gasteiger partial charge in [-0.25, -0.2) is 4.98 Å². The van der Waals surface area contributed by atoms with Crippen LogP contribution in [0.5, 0.6) is 0 Å². The van der Waals surface area contributed by atoms with Crippen LogP contribution in [-0.4, -0.2) is 21.6 Å². The van der Waals surface area contributed by atoms with E-state index in [9.17, 15) is 4.79 Å². The molecule has 122 valence electrons. The molecule has 2 aromatic carbocycles. The summed E-state index contributed by atoms with van der Waals surface area (Å²) in [4.78, 5) is 19.8. The van der Waals surface area contributed by atoms with Crippen LogP contribution in [0.25, 0.3) is 11.3 Å². The van der Waals surface area contributed by atoms with Gasteiger partial charge in [0.2, 0.25) is 5.91 Å². The van der Waals surface area contributed by atoms with Gasteiger partial charge in [0.25, 0.3) is 0 Å². The van der Waals surface area contributed by atoms with Gasteiger partial charge in [-0.3, -0.25) is 4.79 Å². The molecule has 4 nitrogen and oxygen atoms in total. The van der Waals surface area contributed by atoms with Crippen molar-refractivity contribution in [2.75, 3.05) is 5.75 Å². The minimum Gasteiger partial charge on any atom is -0.351 e. The lowest BCUT2D eigenvalue weighted by Crippen LogP contribution is -2.24. The van der Waals surface area contributed by atoms with Crippen LogP contribution in [0.1, 0.15) is 11.3 Å². The summed E-state index contributed by atoms with van der Waals surface area (Å²) in [5.74, 6) is 0.341. The van der Waals surface area contributed by atoms with Crippen LogP contribution < -0.4 is 5.32 Å². The Morgan fingerprint density at radius 3 is 2.46 bits per heavy atom. The lowest BCUT2D eigenvalue weighted by Gasteiger charge is -2.04. The topological polar surface area (TPSA) is 57.8 Å². The van der Waals surface area contributed by atoms with Crippen LogP contribution in [0.4, 0.5) is 0 Å². The highest BCUT2D eigenvalue weighted by atomic mass is 32.2. The van der Waals surface area contributed by atoms with E-state index in [-0.39, 0.29) is 5.91 Å². The second kappa shape index (κ2) is 7.84. The van der Waals surface area contributed by atoms with Crippen molar-refractivity contribution in [2.24, 2.45) is 0 Å². The van der Waals surface area contributed by atoms with Gasteiger partial charge in [0.1, 0.15) is 0 Å². The molecule has 1 aromatic heterocycles. The maximum Gasteiger partial charge on any atom is 0.230 e. The highest BCUT2D eigenvalue weighted by Gasteiger charge is 2.10. The molecule has 5 heteroatoms. The number of nitrogens with zero attached hydrogens (tertiary/aromatic N) is 1. The fourth-order valence-corrected chi connectivity index (χ4v) is 3.11. The number of hydrogen-bond acceptors (Lipinski definition) is 3. The van der Waals surface area contributed by atoms with Gasteiger partial charge < -0.3 is 10.3 Å². The predicted octanol–water partition coefficient (Wildman–Crippen LogP) is 3.79. The van der Waals surface area contributed by atoms with E-state index in [4.69, 9.17) is 0 Å². The van der Waals surface area contributed by atoms with Crippen LogP contribution in [0.15, 0.2) is 65.8 Å². The number of carbonyl (C=O) groups is 1. The summed E-state index contributed by atoms with van der Waals surface area (Å²) >= 11 is 1.41. The molecule has 2 N–H and O–H groups in total. The van der Waals surface area contributed by atoms with Crippen molar-refractivity contribution in [2.45, 2.75) is 18.6 Å². The third-order valence-electron chi connectivity index (χ3n) is 3.58. The van der Waals surface area contributed by atoms with E-state index in [2.05, 4.69) is 15.3 Å². The Morgan fingerprint density at radius 2 is 1.75 bits per heavy atom. The first kappa shape index (κ1) is 16.3. The number of amides is 1. The molecule has 1 heterocycles. The van der Waals surface area contributed by atoms with E-state index in [1.807, 2.05) is 67.6 Å². The molecular formula is C19H19N3OS. The van der Waals surface area contributed by atoms with Gasteiger partial charge in [0.15, 0.2) is 5.16 Å². The molecular weight excluding hydrogens is 318 g/mol. The molecule has 0 aliphatic carbocycles. The van der Waals surface area contributed by atoms with E-state index in [1.54, 1.807) is 0 Å². The maximum atomic E-state index is 12.0. The summed E-state index contributed by atoms with van der Waals surface area (Å²) in [7, 11) is 0. The normalized spacial score (nSPS) is 10.5. The first-order valence-electron chi connectivity index (χ1n) is 7.78. The number of H-pyrrole nitrogens is 1. The van der Waals surface area contributed by atoms with Crippen LogP contribution in [0.2, 0.25) is 0 Å². The van der Waals surface area contributed by atoms with Gasteiger partial charge in [-0.1, -0.05) is 72.4 Å². The average Bonchev–Trinajstić information content (AvgIpc) is 3.00. The fourth-order valence-electron chi connectivity index (χ4n) is 2.36. The third kappa shape index (κ3) is 4.26. The summed E-state index contributed by atoms with van der Waals surface area (Å²) in [6.07, 6.45) is 0. The number of aromatic amines is 1. The minimum atomic E-state index is -0.000771. The highest BCUT2D eigenvalue weighted by Crippen LogP contribution is 2.24. The number of nitrogens with one attached hydrogen (secondary N) is 2. The molecule has 0 spiro atoms. The maximum absolute atomic E-state index is 12.0. The van der Waals surface area contributed by atoms with Gasteiger partial charge in [-0.2, -0.15) is 0 Å². The molecule has 0 radical (unpaired) electrons. The number of aryl methyl sites for hydroxylation is 1. The molecule has 0 aliphatic heterocycles. The molecule has 0 saturated heterocycles. The summed E-state index contributed by atoms with van der Waals surface area (Å²) in [5, 5.41) is 3.69. The number of benzene rings is 2. The summed E-state index contributed by atoms with van der Waals surface area (Å²) in [6.45, 7) is 2.54. The molecule has 1 amide bonds. The predicted molar refractivity (Wildman–Crippen MR) is 97.8 cm³/mol. The van der Waals surface area contributed by atoms with Crippen molar-refractivity contribution in [3.05, 3.63) is 71.9 Å². The van der Waals surface area contributed by atoms with Gasteiger partial charge >= 0.3 is 0 Å². The largest absolute Gasteiger partial charge is 0.351 e. The number of aromatic nitrogens is 2. The van der Waals surface area contributed by atoms with Crippen molar-refractivity contribution in [3.8, 4) is 11.3 Å². The van der Waals surface area contributed by atoms with E-state index in [1.165, 1.54) is 11.8 Å². The average molecular weight is 337 g/mol. The number of imidazole rings is 1. The van der Waals surface area contributed by atoms with E-state index < -0.39 is 0 Å². The van der Waals surface area contributed by atoms with Gasteiger partial charge in [0.05, 0.1) is 11.4 Å². The van der Waals surface area contributed by atoms with E-state index >= 15 is 0 Å². The molecule has 24 heavy (non-hydrogen) atoms. The van der Waals surface area contributed by atoms with Gasteiger partial charge in [-0.05, 0) is 12.5 Å². The summed E-state index contributed by atoms with van der Waals surface area (Å²) < 4.78 is 0. The molecule has 0 bridgehead atoms. The van der Waals surface area contributed by atoms with Gasteiger partial charge in [-0.15, -0.1) is 0 Å². The molecule has 3 aromatic rings. The standard InChI is InChI=1S/C19H19N3OS/c1-14-18(16-10-6-3-7-11-16)22-19(21-14)24-13-17(23)20-12-15-8-4-2-5-9-15/h2-11H,12-13H2,1H3,(H,20,23)(H,21,22). The Hall–Kier alpha value is -2.53. The second-order valence-corrected chi connectivity index (χ2v) is 6.40. The summed E-state index contributed by atoms with van der Waals surface area (Å²) in [6, 6.07) is 19.9. The molecule has 0 atom stereocenters. The Kier molecular flexibility index (Phi) is 5.33. The zero-order chi connectivity index (χ0) is 16.8. The number of rotatable bonds is 6. The van der Waals surface area contributed by atoms with Crippen molar-refractivity contribution < 1.29 is 4.79 Å². The van der Waals surface area contributed by atoms with Crippen molar-refractivity contribution in [3.63, 3.8) is 0 Å². The monoisotopic (exact) mass is 337 g/mol. The second-order valence-electron chi connectivity index (χ2n) is 5.43. The highest BCUT2D eigenvalue weighted by molar-refractivity contribution is 7.99. The smallest absolute Gasteiger partial charge is 0.230 e. The first-order valence-corrected chi connectivity index (χ1v) is 8.76. The SMILES string of the molecule is Cc1[nH]c(SCC(=O)NCc2ccccc2)nc1-c1ccccc1. The van der Waals surface area contributed by atoms with E-state index in [0.717, 1.165) is 27.7 Å². The molecule has 0 aliphatic rings. The Morgan fingerprint density at radius 1 is 1.08 bits per heavy atom. The number of carbonyl (C=O) groups excluding carboxylic acids is 1. The van der Waals surface area contributed by atoms with Crippen LogP contribution in [0.3, 0.4) is 0 Å². The lowest BCUT2D eigenvalue weighted by atomic mass is 10.1. The van der Waals surface area contributed by atoms with Crippen LogP contribution in [-0.2, 0) is 11.3 Å². The van der Waals surface area contributed by atoms with Crippen LogP contribution in [0, 0.1) is 6.92 Å². The molecule has 3 rings (SSSR count). The zero-order valence-electron chi connectivity index (χ0n) is 13.5. The Balaban J connectivity index is 1.54. The number of thioether (sulfide) groups is 1. The Labute approximate surface area is 145 Å². The lowest BCUT2D eigenvalue weighted by molar-refractivity contribution is -0.118. The first-order chi connectivity index (χ1) is 11.7. The quantitative estimate of drug-likeness (QED) is 0.673. The van der Waals surface area contributed by atoms with Crippen molar-refractivity contribution in [1.29, 1.82) is 0 Å². The Bertz CT molecular complexity index is 800. The van der Waals surface area contributed by atoms with Crippen molar-refractivity contribution in [1.82, 2.24) is 15.3 Å². The third-order valence-corrected chi connectivity index (χ3v) is 4.46. The minimum absolute atomic E-state index is 0.000771. The number of hydrogen-bond donors (Lipinski definition) is 2. The zero-order valence-corrected chi connectivity index (χ0v) is 14.3. The van der Waals surface area contributed by atoms with E-state index in [0.29, 0.717) is 12.3 Å². The van der Waals surface area contributed by atoms with Crippen molar-refractivity contribution >= 4 is 17.7 Å².